The summed E-state index contributed by atoms with van der Waals surface area (Å²) in [7, 11) is 0. The minimum atomic E-state index is -0.285. The van der Waals surface area contributed by atoms with Crippen molar-refractivity contribution < 1.29 is 9.13 Å². The van der Waals surface area contributed by atoms with Gasteiger partial charge in [-0.2, -0.15) is 0 Å². The van der Waals surface area contributed by atoms with Crippen molar-refractivity contribution in [2.24, 2.45) is 5.73 Å². The number of nitrogens with two attached hydrogens (primary N) is 1. The molecule has 0 saturated heterocycles. The van der Waals surface area contributed by atoms with E-state index in [0.29, 0.717) is 17.9 Å². The third kappa shape index (κ3) is 4.10. The van der Waals surface area contributed by atoms with Gasteiger partial charge in [-0.15, -0.1) is 0 Å². The lowest BCUT2D eigenvalue weighted by molar-refractivity contribution is 0.480. The first-order valence-corrected chi connectivity index (χ1v) is 5.99. The predicted molar refractivity (Wildman–Crippen MR) is 73.2 cm³/mol. The first-order chi connectivity index (χ1) is 9.13. The van der Waals surface area contributed by atoms with Gasteiger partial charge in [0.25, 0.3) is 0 Å². The molecule has 98 valence electrons. The maximum Gasteiger partial charge on any atom is 0.127 e. The molecule has 0 radical (unpaired) electrons. The average molecular weight is 258 g/mol. The molecule has 3 N–H and O–H groups in total. The molecule has 0 bridgehead atoms. The molecule has 0 atom stereocenters. The summed E-state index contributed by atoms with van der Waals surface area (Å²) in [5.41, 5.74) is 6.41. The van der Waals surface area contributed by atoms with Crippen LogP contribution in [0.25, 0.3) is 0 Å². The zero-order valence-corrected chi connectivity index (χ0v) is 10.4. The van der Waals surface area contributed by atoms with Gasteiger partial charge in [-0.25, -0.2) is 4.39 Å². The van der Waals surface area contributed by atoms with Crippen molar-refractivity contribution in [3.8, 4) is 11.5 Å². The molecule has 3 nitrogen and oxygen atoms in total. The van der Waals surface area contributed by atoms with E-state index in [2.05, 4.69) is 0 Å². The second-order valence-electron chi connectivity index (χ2n) is 4.23. The first-order valence-electron chi connectivity index (χ1n) is 5.99. The second kappa shape index (κ2) is 6.00. The Kier molecular flexibility index (Phi) is 4.13. The molecule has 0 saturated carbocycles. The number of aryl methyl sites for hydroxylation is 1. The fourth-order valence-electron chi connectivity index (χ4n) is 1.64. The highest BCUT2D eigenvalue weighted by Crippen LogP contribution is 2.22. The van der Waals surface area contributed by atoms with Gasteiger partial charge in [0.1, 0.15) is 17.3 Å². The Balaban J connectivity index is 1.98. The Morgan fingerprint density at radius 3 is 2.05 bits per heavy atom. The lowest BCUT2D eigenvalue weighted by atomic mass is 10.1. The first kappa shape index (κ1) is 13.1. The third-order valence-electron chi connectivity index (χ3n) is 2.66. The second-order valence-corrected chi connectivity index (χ2v) is 4.23. The van der Waals surface area contributed by atoms with Crippen LogP contribution in [0.5, 0.6) is 11.5 Å². The Hall–Kier alpha value is -2.36. The highest BCUT2D eigenvalue weighted by molar-refractivity contribution is 5.77. The maximum absolute atomic E-state index is 12.7. The van der Waals surface area contributed by atoms with E-state index in [-0.39, 0.29) is 11.7 Å². The van der Waals surface area contributed by atoms with Crippen molar-refractivity contribution >= 4 is 5.84 Å². The van der Waals surface area contributed by atoms with Crippen LogP contribution in [0.2, 0.25) is 0 Å². The van der Waals surface area contributed by atoms with Gasteiger partial charge in [-0.05, 0) is 48.4 Å². The van der Waals surface area contributed by atoms with Crippen LogP contribution >= 0.6 is 0 Å². The summed E-state index contributed by atoms with van der Waals surface area (Å²) in [6.45, 7) is 0. The van der Waals surface area contributed by atoms with Crippen LogP contribution in [0.3, 0.4) is 0 Å². The van der Waals surface area contributed by atoms with E-state index in [4.69, 9.17) is 15.9 Å². The van der Waals surface area contributed by atoms with E-state index < -0.39 is 0 Å². The number of amidine groups is 1. The number of nitrogens with one attached hydrogen (secondary N) is 1. The number of ether oxygens (including phenoxy) is 1. The molecule has 0 unspecified atom stereocenters. The highest BCUT2D eigenvalue weighted by Gasteiger charge is 1.99. The van der Waals surface area contributed by atoms with Gasteiger partial charge in [0.2, 0.25) is 0 Å². The van der Waals surface area contributed by atoms with Gasteiger partial charge in [-0.3, -0.25) is 5.41 Å². The number of hydrogen-bond acceptors (Lipinski definition) is 2. The molecular formula is C15H15FN2O. The van der Waals surface area contributed by atoms with Gasteiger partial charge in [0.15, 0.2) is 0 Å². The largest absolute Gasteiger partial charge is 0.457 e. The van der Waals surface area contributed by atoms with E-state index in [1.54, 1.807) is 12.1 Å². The quantitative estimate of drug-likeness (QED) is 0.637. The van der Waals surface area contributed by atoms with Crippen LogP contribution in [0.15, 0.2) is 48.5 Å². The molecule has 0 aliphatic carbocycles. The fourth-order valence-corrected chi connectivity index (χ4v) is 1.64. The summed E-state index contributed by atoms with van der Waals surface area (Å²) in [6.07, 6.45) is 1.30. The Morgan fingerprint density at radius 1 is 1.00 bits per heavy atom. The third-order valence-corrected chi connectivity index (χ3v) is 2.66. The van der Waals surface area contributed by atoms with Crippen molar-refractivity contribution in [2.75, 3.05) is 0 Å². The number of benzene rings is 2. The van der Waals surface area contributed by atoms with Gasteiger partial charge in [0.05, 0.1) is 5.84 Å². The standard InChI is InChI=1S/C15H15FN2O/c16-12-4-8-14(9-5-12)19-13-6-1-11(2-7-13)3-10-15(17)18/h1-2,4-9H,3,10H2,(H3,17,18). The molecule has 2 aromatic carbocycles. The molecule has 0 aliphatic rings. The smallest absolute Gasteiger partial charge is 0.127 e. The van der Waals surface area contributed by atoms with Crippen molar-refractivity contribution in [2.45, 2.75) is 12.8 Å². The van der Waals surface area contributed by atoms with Crippen LogP contribution in [0, 0.1) is 11.2 Å². The topological polar surface area (TPSA) is 59.1 Å². The van der Waals surface area contributed by atoms with Crippen LogP contribution < -0.4 is 10.5 Å². The number of rotatable bonds is 5. The van der Waals surface area contributed by atoms with Crippen LogP contribution in [-0.2, 0) is 6.42 Å². The van der Waals surface area contributed by atoms with Crippen molar-refractivity contribution in [3.63, 3.8) is 0 Å². The summed E-state index contributed by atoms with van der Waals surface area (Å²) < 4.78 is 18.3. The van der Waals surface area contributed by atoms with Gasteiger partial charge < -0.3 is 10.5 Å². The number of hydrogen-bond donors (Lipinski definition) is 2. The van der Waals surface area contributed by atoms with E-state index in [1.165, 1.54) is 12.1 Å². The van der Waals surface area contributed by atoms with Crippen LogP contribution in [0.4, 0.5) is 4.39 Å². The molecule has 0 spiro atoms. The normalized spacial score (nSPS) is 10.2. The fraction of sp³-hybridized carbons (Fsp3) is 0.133. The van der Waals surface area contributed by atoms with Crippen molar-refractivity contribution in [1.82, 2.24) is 0 Å². The zero-order valence-electron chi connectivity index (χ0n) is 10.4. The lowest BCUT2D eigenvalue weighted by Gasteiger charge is -2.06. The van der Waals surface area contributed by atoms with Crippen molar-refractivity contribution in [1.29, 1.82) is 5.41 Å². The minimum Gasteiger partial charge on any atom is -0.457 e. The molecule has 4 heteroatoms. The molecular weight excluding hydrogens is 243 g/mol. The Bertz CT molecular complexity index is 549. The van der Waals surface area contributed by atoms with Crippen LogP contribution in [-0.4, -0.2) is 5.84 Å². The molecule has 19 heavy (non-hydrogen) atoms. The molecule has 0 fully saturated rings. The molecule has 0 aromatic heterocycles. The predicted octanol–water partition coefficient (Wildman–Crippen LogP) is 3.49. The highest BCUT2D eigenvalue weighted by atomic mass is 19.1. The molecule has 0 heterocycles. The molecule has 0 amide bonds. The lowest BCUT2D eigenvalue weighted by Crippen LogP contribution is -2.10. The van der Waals surface area contributed by atoms with E-state index >= 15 is 0 Å². The Labute approximate surface area is 111 Å². The van der Waals surface area contributed by atoms with E-state index in [9.17, 15) is 4.39 Å². The minimum absolute atomic E-state index is 0.187. The van der Waals surface area contributed by atoms with E-state index in [1.807, 2.05) is 24.3 Å². The SMILES string of the molecule is N=C(N)CCc1ccc(Oc2ccc(F)cc2)cc1. The molecule has 2 aromatic rings. The van der Waals surface area contributed by atoms with Crippen molar-refractivity contribution in [3.05, 3.63) is 59.9 Å². The van der Waals surface area contributed by atoms with E-state index in [0.717, 1.165) is 12.0 Å². The molecule has 0 aliphatic heterocycles. The zero-order chi connectivity index (χ0) is 13.7. The average Bonchev–Trinajstić information content (AvgIpc) is 2.40. The summed E-state index contributed by atoms with van der Waals surface area (Å²) in [6, 6.07) is 13.4. The van der Waals surface area contributed by atoms with Gasteiger partial charge in [-0.1, -0.05) is 12.1 Å². The number of halogens is 1. The maximum atomic E-state index is 12.7. The monoisotopic (exact) mass is 258 g/mol. The Morgan fingerprint density at radius 2 is 1.53 bits per heavy atom. The summed E-state index contributed by atoms with van der Waals surface area (Å²) in [5, 5.41) is 7.17. The molecule has 2 rings (SSSR count). The van der Waals surface area contributed by atoms with Crippen LogP contribution in [0.1, 0.15) is 12.0 Å². The van der Waals surface area contributed by atoms with Gasteiger partial charge in [0, 0.05) is 6.42 Å². The summed E-state index contributed by atoms with van der Waals surface area (Å²) in [5.74, 6) is 1.19. The van der Waals surface area contributed by atoms with Gasteiger partial charge >= 0.3 is 0 Å². The summed E-state index contributed by atoms with van der Waals surface area (Å²) >= 11 is 0. The summed E-state index contributed by atoms with van der Waals surface area (Å²) in [4.78, 5) is 0.